The third-order valence-electron chi connectivity index (χ3n) is 3.58. The van der Waals surface area contributed by atoms with Crippen LogP contribution in [0.1, 0.15) is 33.1 Å². The SMILES string of the molecule is C1CCOC1.COC(=O)NCCCN(CC(C)C)Sc1cncc([N+](=O)[O-])c1. The van der Waals surface area contributed by atoms with Gasteiger partial charge in [-0.25, -0.2) is 9.10 Å². The Bertz CT molecular complexity index is 591. The third-order valence-corrected chi connectivity index (χ3v) is 4.60. The van der Waals surface area contributed by atoms with E-state index in [-0.39, 0.29) is 5.69 Å². The number of carbonyl (C=O) groups excluding carboxylic acids is 1. The number of carbonyl (C=O) groups is 1. The topological polar surface area (TPSA) is 107 Å². The van der Waals surface area contributed by atoms with Gasteiger partial charge in [0.2, 0.25) is 0 Å². The van der Waals surface area contributed by atoms with Crippen LogP contribution in [0.15, 0.2) is 23.4 Å². The summed E-state index contributed by atoms with van der Waals surface area (Å²) in [6, 6.07) is 1.51. The molecule has 0 spiro atoms. The van der Waals surface area contributed by atoms with Crippen LogP contribution in [0.5, 0.6) is 0 Å². The quantitative estimate of drug-likeness (QED) is 0.283. The lowest BCUT2D eigenvalue weighted by molar-refractivity contribution is -0.385. The van der Waals surface area contributed by atoms with Gasteiger partial charge in [0.25, 0.3) is 5.69 Å². The van der Waals surface area contributed by atoms with Gasteiger partial charge < -0.3 is 14.8 Å². The maximum atomic E-state index is 11.0. The lowest BCUT2D eigenvalue weighted by Crippen LogP contribution is -2.28. The van der Waals surface area contributed by atoms with Gasteiger partial charge in [0, 0.05) is 50.0 Å². The fourth-order valence-corrected chi connectivity index (χ4v) is 3.49. The van der Waals surface area contributed by atoms with E-state index in [9.17, 15) is 14.9 Å². The van der Waals surface area contributed by atoms with Crippen LogP contribution in [-0.2, 0) is 9.47 Å². The highest BCUT2D eigenvalue weighted by atomic mass is 32.2. The second-order valence-electron chi connectivity index (χ2n) is 6.60. The van der Waals surface area contributed by atoms with E-state index in [1.807, 2.05) is 0 Å². The van der Waals surface area contributed by atoms with Crippen molar-refractivity contribution < 1.29 is 19.2 Å². The molecule has 1 aromatic heterocycles. The van der Waals surface area contributed by atoms with E-state index in [0.717, 1.165) is 37.6 Å². The van der Waals surface area contributed by atoms with Gasteiger partial charge in [0.05, 0.1) is 12.0 Å². The van der Waals surface area contributed by atoms with E-state index in [1.165, 1.54) is 44.2 Å². The first-order valence-electron chi connectivity index (χ1n) is 9.34. The molecule has 0 saturated carbocycles. The predicted octanol–water partition coefficient (Wildman–Crippen LogP) is 3.50. The number of amides is 1. The number of rotatable bonds is 9. The molecule has 1 saturated heterocycles. The third kappa shape index (κ3) is 11.1. The minimum absolute atomic E-state index is 0.0214. The molecule has 1 aliphatic rings. The summed E-state index contributed by atoms with van der Waals surface area (Å²) in [5, 5.41) is 13.4. The van der Waals surface area contributed by atoms with E-state index >= 15 is 0 Å². The van der Waals surface area contributed by atoms with Gasteiger partial charge in [-0.1, -0.05) is 13.8 Å². The van der Waals surface area contributed by atoms with Crippen molar-refractivity contribution in [1.82, 2.24) is 14.6 Å². The Kier molecular flexibility index (Phi) is 12.2. The molecule has 1 N–H and O–H groups in total. The average Bonchev–Trinajstić information content (AvgIpc) is 3.24. The smallest absolute Gasteiger partial charge is 0.406 e. The van der Waals surface area contributed by atoms with Gasteiger partial charge >= 0.3 is 6.09 Å². The number of methoxy groups -OCH3 is 1. The van der Waals surface area contributed by atoms with Crippen LogP contribution in [0.25, 0.3) is 0 Å². The number of hydrogen-bond donors (Lipinski definition) is 1. The van der Waals surface area contributed by atoms with Crippen molar-refractivity contribution in [3.63, 3.8) is 0 Å². The molecule has 0 radical (unpaired) electrons. The highest BCUT2D eigenvalue weighted by Gasteiger charge is 2.13. The number of hydrogen-bond acceptors (Lipinski definition) is 8. The van der Waals surface area contributed by atoms with Gasteiger partial charge in [-0.05, 0) is 37.1 Å². The Morgan fingerprint density at radius 1 is 1.43 bits per heavy atom. The number of ether oxygens (including phenoxy) is 2. The zero-order valence-corrected chi connectivity index (χ0v) is 17.6. The summed E-state index contributed by atoms with van der Waals surface area (Å²) < 4.78 is 11.6. The standard InChI is InChI=1S/C14H22N4O4S.C4H8O/c1-11(2)10-17(6-4-5-16-14(19)22-3)23-13-7-12(18(20)21)8-15-9-13;1-2-4-5-3-1/h7-9,11H,4-6,10H2,1-3H3,(H,16,19);1-4H2. The molecule has 2 rings (SSSR count). The summed E-state index contributed by atoms with van der Waals surface area (Å²) in [5.74, 6) is 0.447. The normalized spacial score (nSPS) is 13.2. The molecule has 1 aliphatic heterocycles. The number of nitrogens with one attached hydrogen (secondary N) is 1. The lowest BCUT2D eigenvalue weighted by Gasteiger charge is -2.22. The molecule has 0 aliphatic carbocycles. The van der Waals surface area contributed by atoms with E-state index < -0.39 is 11.0 Å². The second kappa shape index (κ2) is 14.1. The number of alkyl carbamates (subject to hydrolysis) is 1. The van der Waals surface area contributed by atoms with Crippen LogP contribution in [0.2, 0.25) is 0 Å². The molecular formula is C18H30N4O5S. The molecule has 28 heavy (non-hydrogen) atoms. The molecule has 10 heteroatoms. The average molecular weight is 415 g/mol. The Morgan fingerprint density at radius 2 is 2.14 bits per heavy atom. The largest absolute Gasteiger partial charge is 0.453 e. The molecule has 9 nitrogen and oxygen atoms in total. The lowest BCUT2D eigenvalue weighted by atomic mass is 10.2. The first-order chi connectivity index (χ1) is 13.4. The second-order valence-corrected chi connectivity index (χ2v) is 7.77. The van der Waals surface area contributed by atoms with Crippen molar-refractivity contribution in [2.24, 2.45) is 5.92 Å². The number of pyridine rings is 1. The molecular weight excluding hydrogens is 384 g/mol. The van der Waals surface area contributed by atoms with Crippen molar-refractivity contribution in [2.45, 2.75) is 38.0 Å². The number of nitro groups is 1. The zero-order valence-electron chi connectivity index (χ0n) is 16.8. The highest BCUT2D eigenvalue weighted by molar-refractivity contribution is 7.97. The first-order valence-corrected chi connectivity index (χ1v) is 10.1. The zero-order chi connectivity index (χ0) is 20.8. The van der Waals surface area contributed by atoms with Crippen molar-refractivity contribution in [3.8, 4) is 0 Å². The van der Waals surface area contributed by atoms with Crippen LogP contribution in [0.4, 0.5) is 10.5 Å². The summed E-state index contributed by atoms with van der Waals surface area (Å²) in [5.41, 5.74) is -0.0214. The number of aromatic nitrogens is 1. The minimum atomic E-state index is -0.454. The maximum absolute atomic E-state index is 11.0. The van der Waals surface area contributed by atoms with Crippen LogP contribution in [-0.4, -0.2) is 60.3 Å². The number of nitrogens with zero attached hydrogens (tertiary/aromatic N) is 3. The van der Waals surface area contributed by atoms with E-state index in [0.29, 0.717) is 12.5 Å². The molecule has 1 fully saturated rings. The van der Waals surface area contributed by atoms with Crippen LogP contribution in [0.3, 0.4) is 0 Å². The molecule has 1 amide bonds. The fourth-order valence-electron chi connectivity index (χ4n) is 2.32. The molecule has 2 heterocycles. The Balaban J connectivity index is 0.000000674. The van der Waals surface area contributed by atoms with Gasteiger partial charge in [-0.3, -0.25) is 15.1 Å². The molecule has 0 bridgehead atoms. The van der Waals surface area contributed by atoms with Crippen LogP contribution >= 0.6 is 11.9 Å². The fraction of sp³-hybridized carbons (Fsp3) is 0.667. The van der Waals surface area contributed by atoms with E-state index in [4.69, 9.17) is 4.74 Å². The van der Waals surface area contributed by atoms with Crippen LogP contribution < -0.4 is 5.32 Å². The van der Waals surface area contributed by atoms with Crippen molar-refractivity contribution >= 4 is 23.7 Å². The van der Waals surface area contributed by atoms with Gasteiger partial charge in [0.1, 0.15) is 6.20 Å². The van der Waals surface area contributed by atoms with Crippen LogP contribution in [0, 0.1) is 16.0 Å². The molecule has 0 aromatic carbocycles. The van der Waals surface area contributed by atoms with Crippen molar-refractivity contribution in [2.75, 3.05) is 40.0 Å². The maximum Gasteiger partial charge on any atom is 0.406 e. The summed E-state index contributed by atoms with van der Waals surface area (Å²) in [4.78, 5) is 26.0. The minimum Gasteiger partial charge on any atom is -0.453 e. The molecule has 0 unspecified atom stereocenters. The molecule has 1 aromatic rings. The summed E-state index contributed by atoms with van der Waals surface area (Å²) in [6.07, 6.45) is 5.70. The Morgan fingerprint density at radius 3 is 2.68 bits per heavy atom. The highest BCUT2D eigenvalue weighted by Crippen LogP contribution is 2.26. The monoisotopic (exact) mass is 414 g/mol. The molecule has 158 valence electrons. The summed E-state index contributed by atoms with van der Waals surface area (Å²) >= 11 is 1.44. The summed E-state index contributed by atoms with van der Waals surface area (Å²) in [7, 11) is 1.32. The van der Waals surface area contributed by atoms with Gasteiger partial charge in [-0.15, -0.1) is 0 Å². The predicted molar refractivity (Wildman–Crippen MR) is 108 cm³/mol. The van der Waals surface area contributed by atoms with Gasteiger partial charge in [-0.2, -0.15) is 0 Å². The van der Waals surface area contributed by atoms with Crippen molar-refractivity contribution in [3.05, 3.63) is 28.6 Å². The van der Waals surface area contributed by atoms with Crippen molar-refractivity contribution in [1.29, 1.82) is 0 Å². The van der Waals surface area contributed by atoms with E-state index in [2.05, 4.69) is 33.2 Å². The summed E-state index contributed by atoms with van der Waals surface area (Å²) in [6.45, 7) is 8.27. The van der Waals surface area contributed by atoms with E-state index in [1.54, 1.807) is 6.20 Å². The van der Waals surface area contributed by atoms with Gasteiger partial charge in [0.15, 0.2) is 0 Å². The Labute approximate surface area is 170 Å². The Hall–Kier alpha value is -1.91. The first kappa shape index (κ1) is 24.1. The molecule has 0 atom stereocenters.